The Bertz CT molecular complexity index is 467. The van der Waals surface area contributed by atoms with Crippen molar-refractivity contribution in [3.8, 4) is 6.07 Å². The van der Waals surface area contributed by atoms with Gasteiger partial charge >= 0.3 is 5.97 Å². The maximum Gasteiger partial charge on any atom is 0.338 e. The fraction of sp³-hybridized carbons (Fsp3) is 0.467. The molecule has 2 rings (SSSR count). The largest absolute Gasteiger partial charge is 0.462 e. The Labute approximate surface area is 113 Å². The lowest BCUT2D eigenvalue weighted by Crippen LogP contribution is -2.41. The number of piperidine rings is 1. The number of hydrogen-bond donors (Lipinski definition) is 0. The van der Waals surface area contributed by atoms with Crippen molar-refractivity contribution in [2.24, 2.45) is 5.92 Å². The molecule has 1 aliphatic rings. The van der Waals surface area contributed by atoms with Crippen molar-refractivity contribution in [3.05, 3.63) is 35.9 Å². The zero-order valence-electron chi connectivity index (χ0n) is 11.1. The smallest absolute Gasteiger partial charge is 0.338 e. The minimum atomic E-state index is -0.273. The molecule has 0 bridgehead atoms. The molecular formula is C15H18N2O2. The minimum Gasteiger partial charge on any atom is -0.462 e. The zero-order chi connectivity index (χ0) is 13.7. The lowest BCUT2D eigenvalue weighted by Gasteiger charge is -2.33. The molecule has 0 radical (unpaired) electrons. The summed E-state index contributed by atoms with van der Waals surface area (Å²) in [6.45, 7) is 1.23. The van der Waals surface area contributed by atoms with E-state index in [1.165, 1.54) is 0 Å². The van der Waals surface area contributed by atoms with Gasteiger partial charge in [-0.1, -0.05) is 18.2 Å². The molecule has 19 heavy (non-hydrogen) atoms. The lowest BCUT2D eigenvalue weighted by atomic mass is 9.94. The van der Waals surface area contributed by atoms with E-state index < -0.39 is 0 Å². The van der Waals surface area contributed by atoms with Crippen molar-refractivity contribution in [3.63, 3.8) is 0 Å². The topological polar surface area (TPSA) is 53.3 Å². The van der Waals surface area contributed by atoms with Crippen LogP contribution in [0.3, 0.4) is 0 Å². The molecule has 1 aliphatic heterocycles. The van der Waals surface area contributed by atoms with E-state index in [0.717, 1.165) is 19.4 Å². The lowest BCUT2D eigenvalue weighted by molar-refractivity contribution is 0.0348. The van der Waals surface area contributed by atoms with Crippen LogP contribution in [0.15, 0.2) is 30.3 Å². The Kier molecular flexibility index (Phi) is 4.53. The van der Waals surface area contributed by atoms with Gasteiger partial charge in [-0.2, -0.15) is 5.26 Å². The number of ether oxygens (including phenoxy) is 1. The highest BCUT2D eigenvalue weighted by molar-refractivity contribution is 5.89. The van der Waals surface area contributed by atoms with Crippen molar-refractivity contribution in [2.45, 2.75) is 18.9 Å². The van der Waals surface area contributed by atoms with Crippen LogP contribution in [-0.4, -0.2) is 37.1 Å². The first-order chi connectivity index (χ1) is 9.20. The maximum atomic E-state index is 11.8. The van der Waals surface area contributed by atoms with Crippen LogP contribution in [0, 0.1) is 17.2 Å². The summed E-state index contributed by atoms with van der Waals surface area (Å²) < 4.78 is 5.34. The van der Waals surface area contributed by atoms with E-state index in [4.69, 9.17) is 10.00 Å². The number of likely N-dealkylation sites (tertiary alicyclic amines) is 1. The summed E-state index contributed by atoms with van der Waals surface area (Å²) in [5.41, 5.74) is 0.585. The fourth-order valence-electron chi connectivity index (χ4n) is 2.39. The first-order valence-electron chi connectivity index (χ1n) is 6.52. The first-order valence-corrected chi connectivity index (χ1v) is 6.52. The monoisotopic (exact) mass is 258 g/mol. The summed E-state index contributed by atoms with van der Waals surface area (Å²) in [6, 6.07) is 11.3. The summed E-state index contributed by atoms with van der Waals surface area (Å²) in [7, 11) is 1.94. The molecule has 4 heteroatoms. The van der Waals surface area contributed by atoms with Gasteiger partial charge in [0.15, 0.2) is 0 Å². The standard InChI is InChI=1S/C15H18N2O2/c1-17-10-12(7-8-14(17)9-16)11-19-15(18)13-5-3-2-4-6-13/h2-6,12,14H,7-8,10-11H2,1H3/t12-,14-/m1/s1. The van der Waals surface area contributed by atoms with Crippen LogP contribution in [0.2, 0.25) is 0 Å². The Hall–Kier alpha value is -1.86. The molecule has 0 spiro atoms. The van der Waals surface area contributed by atoms with Crippen molar-refractivity contribution in [1.29, 1.82) is 5.26 Å². The number of hydrogen-bond acceptors (Lipinski definition) is 4. The predicted octanol–water partition coefficient (Wildman–Crippen LogP) is 2.08. The second-order valence-electron chi connectivity index (χ2n) is 4.99. The molecule has 0 aromatic heterocycles. The molecule has 0 unspecified atom stereocenters. The maximum absolute atomic E-state index is 11.8. The number of carbonyl (C=O) groups excluding carboxylic acids is 1. The molecule has 1 aromatic carbocycles. The van der Waals surface area contributed by atoms with Gasteiger partial charge in [0, 0.05) is 12.5 Å². The molecule has 0 amide bonds. The first kappa shape index (κ1) is 13.6. The average Bonchev–Trinajstić information content (AvgIpc) is 2.46. The summed E-state index contributed by atoms with van der Waals surface area (Å²) in [5.74, 6) is 0.0490. The quantitative estimate of drug-likeness (QED) is 0.779. The highest BCUT2D eigenvalue weighted by atomic mass is 16.5. The van der Waals surface area contributed by atoms with Crippen LogP contribution in [0.1, 0.15) is 23.2 Å². The number of rotatable bonds is 3. The van der Waals surface area contributed by atoms with Gasteiger partial charge in [0.1, 0.15) is 0 Å². The van der Waals surface area contributed by atoms with Gasteiger partial charge in [-0.15, -0.1) is 0 Å². The van der Waals surface area contributed by atoms with Crippen LogP contribution in [-0.2, 0) is 4.74 Å². The second-order valence-corrected chi connectivity index (χ2v) is 4.99. The normalized spacial score (nSPS) is 23.6. The number of nitriles is 1. The molecule has 1 aromatic rings. The Morgan fingerprint density at radius 1 is 1.42 bits per heavy atom. The molecular weight excluding hydrogens is 240 g/mol. The number of carbonyl (C=O) groups is 1. The summed E-state index contributed by atoms with van der Waals surface area (Å²) >= 11 is 0. The van der Waals surface area contributed by atoms with Crippen LogP contribution >= 0.6 is 0 Å². The third-order valence-corrected chi connectivity index (χ3v) is 3.54. The van der Waals surface area contributed by atoms with Crippen molar-refractivity contribution in [1.82, 2.24) is 4.90 Å². The Balaban J connectivity index is 1.81. The molecule has 0 N–H and O–H groups in total. The third kappa shape index (κ3) is 3.55. The molecule has 0 saturated carbocycles. The van der Waals surface area contributed by atoms with Crippen LogP contribution in [0.5, 0.6) is 0 Å². The van der Waals surface area contributed by atoms with E-state index >= 15 is 0 Å². The van der Waals surface area contributed by atoms with Gasteiger partial charge in [0.05, 0.1) is 24.3 Å². The highest BCUT2D eigenvalue weighted by Crippen LogP contribution is 2.20. The Morgan fingerprint density at radius 3 is 2.79 bits per heavy atom. The number of benzene rings is 1. The minimum absolute atomic E-state index is 0.000995. The van der Waals surface area contributed by atoms with Crippen LogP contribution < -0.4 is 0 Å². The average molecular weight is 258 g/mol. The predicted molar refractivity (Wildman–Crippen MR) is 71.5 cm³/mol. The van der Waals surface area contributed by atoms with E-state index in [-0.39, 0.29) is 12.0 Å². The van der Waals surface area contributed by atoms with E-state index in [1.54, 1.807) is 12.1 Å². The summed E-state index contributed by atoms with van der Waals surface area (Å²) in [5, 5.41) is 8.94. The zero-order valence-corrected chi connectivity index (χ0v) is 11.1. The van der Waals surface area contributed by atoms with E-state index in [9.17, 15) is 4.79 Å². The van der Waals surface area contributed by atoms with E-state index in [0.29, 0.717) is 18.1 Å². The molecule has 100 valence electrons. The van der Waals surface area contributed by atoms with Crippen LogP contribution in [0.4, 0.5) is 0 Å². The molecule has 1 heterocycles. The summed E-state index contributed by atoms with van der Waals surface area (Å²) in [6.07, 6.45) is 1.78. The summed E-state index contributed by atoms with van der Waals surface area (Å²) in [4.78, 5) is 13.8. The van der Waals surface area contributed by atoms with Gasteiger partial charge < -0.3 is 4.74 Å². The second kappa shape index (κ2) is 6.35. The SMILES string of the molecule is CN1C[C@H](COC(=O)c2ccccc2)CC[C@@H]1C#N. The molecule has 4 nitrogen and oxygen atoms in total. The molecule has 1 saturated heterocycles. The van der Waals surface area contributed by atoms with Gasteiger partial charge in [-0.05, 0) is 32.0 Å². The number of nitrogens with zero attached hydrogens (tertiary/aromatic N) is 2. The highest BCUT2D eigenvalue weighted by Gasteiger charge is 2.26. The van der Waals surface area contributed by atoms with Crippen molar-refractivity contribution >= 4 is 5.97 Å². The van der Waals surface area contributed by atoms with E-state index in [1.807, 2.05) is 30.1 Å². The van der Waals surface area contributed by atoms with Crippen molar-refractivity contribution in [2.75, 3.05) is 20.2 Å². The van der Waals surface area contributed by atoms with Gasteiger partial charge in [-0.3, -0.25) is 4.90 Å². The van der Waals surface area contributed by atoms with Gasteiger partial charge in [0.2, 0.25) is 0 Å². The molecule has 2 atom stereocenters. The number of esters is 1. The van der Waals surface area contributed by atoms with Crippen molar-refractivity contribution < 1.29 is 9.53 Å². The van der Waals surface area contributed by atoms with E-state index in [2.05, 4.69) is 6.07 Å². The van der Waals surface area contributed by atoms with Gasteiger partial charge in [0.25, 0.3) is 0 Å². The Morgan fingerprint density at radius 2 is 2.16 bits per heavy atom. The third-order valence-electron chi connectivity index (χ3n) is 3.54. The molecule has 0 aliphatic carbocycles. The van der Waals surface area contributed by atoms with Gasteiger partial charge in [-0.25, -0.2) is 4.79 Å². The fourth-order valence-corrected chi connectivity index (χ4v) is 2.39. The molecule has 1 fully saturated rings. The van der Waals surface area contributed by atoms with Crippen LogP contribution in [0.25, 0.3) is 0 Å².